The van der Waals surface area contributed by atoms with E-state index in [0.29, 0.717) is 23.8 Å². The van der Waals surface area contributed by atoms with Gasteiger partial charge in [0, 0.05) is 18.7 Å². The second kappa shape index (κ2) is 6.46. The third-order valence-corrected chi connectivity index (χ3v) is 4.23. The molecule has 2 atom stereocenters. The van der Waals surface area contributed by atoms with E-state index in [-0.39, 0.29) is 6.61 Å². The summed E-state index contributed by atoms with van der Waals surface area (Å²) in [6.07, 6.45) is 2.04. The molecule has 4 nitrogen and oxygen atoms in total. The van der Waals surface area contributed by atoms with Gasteiger partial charge >= 0.3 is 0 Å². The van der Waals surface area contributed by atoms with Gasteiger partial charge in [0.15, 0.2) is 0 Å². The van der Waals surface area contributed by atoms with Gasteiger partial charge in [0.2, 0.25) is 0 Å². The highest BCUT2D eigenvalue weighted by molar-refractivity contribution is 5.32. The molecule has 20 heavy (non-hydrogen) atoms. The molecule has 2 N–H and O–H groups in total. The number of methoxy groups -OCH3 is 1. The fourth-order valence-corrected chi connectivity index (χ4v) is 2.13. The normalized spacial score (nSPS) is 19.2. The van der Waals surface area contributed by atoms with Crippen LogP contribution in [0.2, 0.25) is 0 Å². The average Bonchev–Trinajstić information content (AvgIpc) is 3.22. The van der Waals surface area contributed by atoms with Gasteiger partial charge in [-0.2, -0.15) is 0 Å². The summed E-state index contributed by atoms with van der Waals surface area (Å²) in [6.45, 7) is 5.30. The molecule has 4 heteroatoms. The predicted molar refractivity (Wildman–Crippen MR) is 79.3 cm³/mol. The summed E-state index contributed by atoms with van der Waals surface area (Å²) < 4.78 is 10.7. The topological polar surface area (TPSA) is 50.7 Å². The Morgan fingerprint density at radius 3 is 2.70 bits per heavy atom. The van der Waals surface area contributed by atoms with Crippen molar-refractivity contribution in [2.75, 3.05) is 20.3 Å². The molecule has 1 aromatic rings. The standard InChI is InChI=1S/C16H25NO3/c1-12(16(2)7-8-16)17-10-13(18)11-20-15-6-4-5-14(9-15)19-3/h4-6,9,12-13,17-18H,7-8,10-11H2,1-3H3/t12-,13-/m1/s1. The number of hydrogen-bond donors (Lipinski definition) is 2. The maximum atomic E-state index is 9.95. The van der Waals surface area contributed by atoms with Crippen molar-refractivity contribution in [2.45, 2.75) is 38.8 Å². The molecule has 2 rings (SSSR count). The molecule has 0 bridgehead atoms. The van der Waals surface area contributed by atoms with Crippen molar-refractivity contribution < 1.29 is 14.6 Å². The smallest absolute Gasteiger partial charge is 0.123 e. The summed E-state index contributed by atoms with van der Waals surface area (Å²) in [5, 5.41) is 13.3. The maximum absolute atomic E-state index is 9.95. The van der Waals surface area contributed by atoms with E-state index >= 15 is 0 Å². The van der Waals surface area contributed by atoms with Crippen LogP contribution in [0.1, 0.15) is 26.7 Å². The molecule has 0 amide bonds. The Kier molecular flexibility index (Phi) is 4.89. The van der Waals surface area contributed by atoms with Gasteiger partial charge < -0.3 is 19.9 Å². The minimum atomic E-state index is -0.508. The summed E-state index contributed by atoms with van der Waals surface area (Å²) in [5.74, 6) is 1.47. The van der Waals surface area contributed by atoms with Gasteiger partial charge in [0.25, 0.3) is 0 Å². The van der Waals surface area contributed by atoms with E-state index in [0.717, 1.165) is 5.75 Å². The van der Waals surface area contributed by atoms with E-state index in [1.165, 1.54) is 12.8 Å². The first kappa shape index (κ1) is 15.1. The molecule has 0 heterocycles. The molecule has 0 aromatic heterocycles. The Labute approximate surface area is 121 Å². The lowest BCUT2D eigenvalue weighted by Gasteiger charge is -2.22. The molecule has 112 valence electrons. The molecule has 0 radical (unpaired) electrons. The van der Waals surface area contributed by atoms with E-state index in [9.17, 15) is 5.11 Å². The second-order valence-electron chi connectivity index (χ2n) is 5.93. The van der Waals surface area contributed by atoms with Crippen LogP contribution in [-0.2, 0) is 0 Å². The van der Waals surface area contributed by atoms with Gasteiger partial charge in [0.1, 0.15) is 24.2 Å². The van der Waals surface area contributed by atoms with Crippen LogP contribution in [-0.4, -0.2) is 37.5 Å². The quantitative estimate of drug-likeness (QED) is 0.766. The number of aliphatic hydroxyl groups is 1. The van der Waals surface area contributed by atoms with Gasteiger partial charge in [-0.05, 0) is 37.3 Å². The Hall–Kier alpha value is -1.26. The van der Waals surface area contributed by atoms with Crippen LogP contribution < -0.4 is 14.8 Å². The number of hydrogen-bond acceptors (Lipinski definition) is 4. The molecule has 0 spiro atoms. The van der Waals surface area contributed by atoms with Crippen molar-refractivity contribution >= 4 is 0 Å². The summed E-state index contributed by atoms with van der Waals surface area (Å²) in [6, 6.07) is 7.84. The number of aliphatic hydroxyl groups excluding tert-OH is 1. The SMILES string of the molecule is COc1cccc(OC[C@H](O)CN[C@H](C)C2(C)CC2)c1. The number of nitrogens with one attached hydrogen (secondary N) is 1. The summed E-state index contributed by atoms with van der Waals surface area (Å²) >= 11 is 0. The molecular weight excluding hydrogens is 254 g/mol. The number of ether oxygens (including phenoxy) is 2. The number of rotatable bonds is 8. The first-order valence-corrected chi connectivity index (χ1v) is 7.22. The molecule has 0 aliphatic heterocycles. The Morgan fingerprint density at radius 2 is 2.05 bits per heavy atom. The molecule has 0 unspecified atom stereocenters. The van der Waals surface area contributed by atoms with Crippen molar-refractivity contribution in [3.8, 4) is 11.5 Å². The monoisotopic (exact) mass is 279 g/mol. The van der Waals surface area contributed by atoms with E-state index in [1.807, 2.05) is 24.3 Å². The van der Waals surface area contributed by atoms with Gasteiger partial charge in [-0.15, -0.1) is 0 Å². The first-order chi connectivity index (χ1) is 9.53. The van der Waals surface area contributed by atoms with Crippen LogP contribution in [0.15, 0.2) is 24.3 Å². The minimum Gasteiger partial charge on any atom is -0.497 e. The summed E-state index contributed by atoms with van der Waals surface area (Å²) in [7, 11) is 1.62. The fourth-order valence-electron chi connectivity index (χ4n) is 2.13. The van der Waals surface area contributed by atoms with Gasteiger partial charge in [-0.25, -0.2) is 0 Å². The van der Waals surface area contributed by atoms with Crippen molar-refractivity contribution in [2.24, 2.45) is 5.41 Å². The molecule has 1 saturated carbocycles. The van der Waals surface area contributed by atoms with Crippen molar-refractivity contribution in [3.05, 3.63) is 24.3 Å². The minimum absolute atomic E-state index is 0.281. The van der Waals surface area contributed by atoms with Crippen LogP contribution in [0, 0.1) is 5.41 Å². The first-order valence-electron chi connectivity index (χ1n) is 7.22. The predicted octanol–water partition coefficient (Wildman–Crippen LogP) is 2.21. The fraction of sp³-hybridized carbons (Fsp3) is 0.625. The van der Waals surface area contributed by atoms with Crippen molar-refractivity contribution in [1.82, 2.24) is 5.32 Å². The van der Waals surface area contributed by atoms with Gasteiger partial charge in [0.05, 0.1) is 7.11 Å². The Balaban J connectivity index is 1.70. The lowest BCUT2D eigenvalue weighted by atomic mass is 10.0. The highest BCUT2D eigenvalue weighted by atomic mass is 16.5. The molecule has 1 aromatic carbocycles. The average molecular weight is 279 g/mol. The van der Waals surface area contributed by atoms with Crippen molar-refractivity contribution in [3.63, 3.8) is 0 Å². The van der Waals surface area contributed by atoms with Crippen LogP contribution in [0.3, 0.4) is 0 Å². The van der Waals surface area contributed by atoms with E-state index < -0.39 is 6.10 Å². The number of benzene rings is 1. The zero-order valence-electron chi connectivity index (χ0n) is 12.6. The van der Waals surface area contributed by atoms with E-state index in [1.54, 1.807) is 7.11 Å². The second-order valence-corrected chi connectivity index (χ2v) is 5.93. The van der Waals surface area contributed by atoms with Crippen molar-refractivity contribution in [1.29, 1.82) is 0 Å². The highest BCUT2D eigenvalue weighted by Gasteiger charge is 2.42. The van der Waals surface area contributed by atoms with Crippen LogP contribution in [0.25, 0.3) is 0 Å². The third-order valence-electron chi connectivity index (χ3n) is 4.23. The zero-order chi connectivity index (χ0) is 14.6. The largest absolute Gasteiger partial charge is 0.497 e. The van der Waals surface area contributed by atoms with E-state index in [2.05, 4.69) is 19.2 Å². The molecule has 1 fully saturated rings. The lowest BCUT2D eigenvalue weighted by molar-refractivity contribution is 0.101. The Morgan fingerprint density at radius 1 is 1.35 bits per heavy atom. The summed E-state index contributed by atoms with van der Waals surface area (Å²) in [4.78, 5) is 0. The zero-order valence-corrected chi connectivity index (χ0v) is 12.6. The Bertz CT molecular complexity index is 431. The molecule has 1 aliphatic rings. The summed E-state index contributed by atoms with van der Waals surface area (Å²) in [5.41, 5.74) is 0.424. The molecular formula is C16H25NO3. The lowest BCUT2D eigenvalue weighted by Crippen LogP contribution is -2.40. The molecule has 0 saturated heterocycles. The van der Waals surface area contributed by atoms with Gasteiger partial charge in [-0.1, -0.05) is 13.0 Å². The maximum Gasteiger partial charge on any atom is 0.123 e. The van der Waals surface area contributed by atoms with Crippen LogP contribution in [0.5, 0.6) is 11.5 Å². The molecule has 1 aliphatic carbocycles. The van der Waals surface area contributed by atoms with Crippen LogP contribution >= 0.6 is 0 Å². The third kappa shape index (κ3) is 4.12. The van der Waals surface area contributed by atoms with Crippen LogP contribution in [0.4, 0.5) is 0 Å². The van der Waals surface area contributed by atoms with E-state index in [4.69, 9.17) is 9.47 Å². The highest BCUT2D eigenvalue weighted by Crippen LogP contribution is 2.47. The van der Waals surface area contributed by atoms with Gasteiger partial charge in [-0.3, -0.25) is 0 Å².